The van der Waals surface area contributed by atoms with Gasteiger partial charge in [0, 0.05) is 53.0 Å². The van der Waals surface area contributed by atoms with E-state index in [0.29, 0.717) is 11.4 Å². The van der Waals surface area contributed by atoms with Gasteiger partial charge in [0.1, 0.15) is 0 Å². The highest BCUT2D eigenvalue weighted by molar-refractivity contribution is 14.0. The predicted molar refractivity (Wildman–Crippen MR) is 139 cm³/mol. The second kappa shape index (κ2) is 15.8. The average Bonchev–Trinajstić information content (AvgIpc) is 2.71. The van der Waals surface area contributed by atoms with E-state index in [1.807, 2.05) is 32.9 Å². The van der Waals surface area contributed by atoms with Gasteiger partial charge in [-0.15, -0.1) is 24.0 Å². The lowest BCUT2D eigenvalue weighted by molar-refractivity contribution is 0.180. The van der Waals surface area contributed by atoms with Crippen LogP contribution < -0.4 is 10.6 Å². The summed E-state index contributed by atoms with van der Waals surface area (Å²) in [7, 11) is 1.95. The largest absolute Gasteiger partial charge is 0.385 e. The molecule has 0 aliphatic rings. The number of rotatable bonds is 13. The third kappa shape index (κ3) is 11.0. The Morgan fingerprint density at radius 2 is 1.77 bits per heavy atom. The summed E-state index contributed by atoms with van der Waals surface area (Å²) >= 11 is 0. The van der Waals surface area contributed by atoms with Crippen molar-refractivity contribution in [2.24, 2.45) is 4.99 Å². The van der Waals surface area contributed by atoms with E-state index in [0.717, 1.165) is 50.7 Å². The van der Waals surface area contributed by atoms with E-state index in [1.54, 1.807) is 26.3 Å². The van der Waals surface area contributed by atoms with Gasteiger partial charge in [0.05, 0.1) is 11.4 Å². The highest BCUT2D eigenvalue weighted by atomic mass is 127. The number of sulfonamides is 1. The molecular formula is C21H40IN5O3S. The molecule has 0 amide bonds. The number of benzene rings is 1. The lowest BCUT2D eigenvalue weighted by atomic mass is 10.2. The molecule has 0 atom stereocenters. The van der Waals surface area contributed by atoms with Gasteiger partial charge in [-0.1, -0.05) is 12.1 Å². The number of ether oxygens (including phenoxy) is 1. The number of aliphatic imine (C=N–C) groups is 1. The molecule has 0 heterocycles. The van der Waals surface area contributed by atoms with E-state index in [2.05, 4.69) is 27.6 Å². The minimum atomic E-state index is -3.46. The number of likely N-dealkylation sites (N-methyl/N-ethyl adjacent to an activating group) is 1. The topological polar surface area (TPSA) is 86.3 Å². The number of nitrogens with zero attached hydrogens (tertiary/aromatic N) is 3. The van der Waals surface area contributed by atoms with Crippen molar-refractivity contribution < 1.29 is 13.2 Å². The van der Waals surface area contributed by atoms with Crippen LogP contribution in [0, 0.1) is 0 Å². The van der Waals surface area contributed by atoms with Crippen LogP contribution in [0.25, 0.3) is 0 Å². The molecule has 8 nitrogen and oxygen atoms in total. The van der Waals surface area contributed by atoms with Crippen LogP contribution in [0.4, 0.5) is 0 Å². The van der Waals surface area contributed by atoms with Crippen molar-refractivity contribution in [3.63, 3.8) is 0 Å². The molecule has 0 saturated heterocycles. The van der Waals surface area contributed by atoms with Crippen LogP contribution in [0.5, 0.6) is 0 Å². The first-order chi connectivity index (χ1) is 14.2. The van der Waals surface area contributed by atoms with E-state index < -0.39 is 10.0 Å². The Balaban J connectivity index is 0.00000900. The summed E-state index contributed by atoms with van der Waals surface area (Å²) in [6.07, 6.45) is 1.01. The van der Waals surface area contributed by atoms with Crippen LogP contribution in [-0.4, -0.2) is 83.6 Å². The first-order valence-corrected chi connectivity index (χ1v) is 11.9. The van der Waals surface area contributed by atoms with Gasteiger partial charge in [0.25, 0.3) is 0 Å². The fourth-order valence-electron chi connectivity index (χ4n) is 2.68. The third-order valence-corrected chi connectivity index (χ3v) is 6.81. The van der Waals surface area contributed by atoms with Crippen LogP contribution in [0.15, 0.2) is 34.2 Å². The summed E-state index contributed by atoms with van der Waals surface area (Å²) in [4.78, 5) is 7.16. The van der Waals surface area contributed by atoms with Gasteiger partial charge < -0.3 is 20.3 Å². The van der Waals surface area contributed by atoms with Gasteiger partial charge in [0.15, 0.2) is 5.96 Å². The highest BCUT2D eigenvalue weighted by Crippen LogP contribution is 2.17. The van der Waals surface area contributed by atoms with Crippen LogP contribution in [0.3, 0.4) is 0 Å². The Hall–Kier alpha value is -0.950. The first kappa shape index (κ1) is 30.0. The highest BCUT2D eigenvalue weighted by Gasteiger charge is 2.22. The smallest absolute Gasteiger partial charge is 0.243 e. The van der Waals surface area contributed by atoms with Gasteiger partial charge in [-0.3, -0.25) is 0 Å². The Labute approximate surface area is 205 Å². The molecule has 0 aliphatic heterocycles. The van der Waals surface area contributed by atoms with E-state index in [-0.39, 0.29) is 30.0 Å². The second-order valence-corrected chi connectivity index (χ2v) is 9.53. The van der Waals surface area contributed by atoms with E-state index in [9.17, 15) is 8.42 Å². The molecule has 1 aromatic rings. The van der Waals surface area contributed by atoms with Gasteiger partial charge in [-0.05, 0) is 51.9 Å². The molecule has 0 aromatic heterocycles. The summed E-state index contributed by atoms with van der Waals surface area (Å²) < 4.78 is 31.6. The van der Waals surface area contributed by atoms with E-state index in [4.69, 9.17) is 4.74 Å². The summed E-state index contributed by atoms with van der Waals surface area (Å²) in [6, 6.07) is 6.84. The van der Waals surface area contributed by atoms with Crippen molar-refractivity contribution in [3.05, 3.63) is 29.8 Å². The molecule has 0 aliphatic carbocycles. The Bertz CT molecular complexity index is 742. The van der Waals surface area contributed by atoms with Crippen LogP contribution >= 0.6 is 24.0 Å². The molecule has 0 fully saturated rings. The van der Waals surface area contributed by atoms with Crippen molar-refractivity contribution in [2.75, 3.05) is 54.0 Å². The zero-order valence-corrected chi connectivity index (χ0v) is 22.9. The second-order valence-electron chi connectivity index (χ2n) is 7.53. The zero-order valence-electron chi connectivity index (χ0n) is 19.7. The molecule has 31 heavy (non-hydrogen) atoms. The first-order valence-electron chi connectivity index (χ1n) is 10.5. The third-order valence-electron chi connectivity index (χ3n) is 4.77. The van der Waals surface area contributed by atoms with Crippen molar-refractivity contribution in [1.82, 2.24) is 19.8 Å². The van der Waals surface area contributed by atoms with Gasteiger partial charge >= 0.3 is 0 Å². The monoisotopic (exact) mass is 569 g/mol. The van der Waals surface area contributed by atoms with Crippen molar-refractivity contribution in [3.8, 4) is 0 Å². The van der Waals surface area contributed by atoms with E-state index >= 15 is 0 Å². The molecule has 1 rings (SSSR count). The van der Waals surface area contributed by atoms with Gasteiger partial charge in [-0.25, -0.2) is 13.4 Å². The quantitative estimate of drug-likeness (QED) is 0.164. The fourth-order valence-corrected chi connectivity index (χ4v) is 4.05. The molecule has 0 unspecified atom stereocenters. The zero-order chi connectivity index (χ0) is 22.6. The van der Waals surface area contributed by atoms with Gasteiger partial charge in [-0.2, -0.15) is 4.31 Å². The maximum absolute atomic E-state index is 12.6. The molecule has 10 heteroatoms. The summed E-state index contributed by atoms with van der Waals surface area (Å²) in [6.45, 7) is 10.4. The lowest BCUT2D eigenvalue weighted by Crippen LogP contribution is -2.41. The van der Waals surface area contributed by atoms with Crippen molar-refractivity contribution in [2.45, 2.75) is 44.7 Å². The number of guanidine groups is 1. The molecule has 180 valence electrons. The number of nitrogens with one attached hydrogen (secondary N) is 2. The van der Waals surface area contributed by atoms with Gasteiger partial charge in [0.2, 0.25) is 10.0 Å². The normalized spacial score (nSPS) is 12.4. The minimum Gasteiger partial charge on any atom is -0.385 e. The minimum absolute atomic E-state index is 0. The number of hydrogen-bond acceptors (Lipinski definition) is 5. The standard InChI is InChI=1S/C21H39N5O3S.HI/c1-7-22-21(23-13-15-25(4)14-8-16-29-6)24-17-19-9-11-20(12-10-19)30(27,28)26(5)18(2)3;/h9-12,18H,7-8,13-17H2,1-6H3,(H2,22,23,24);1H. The van der Waals surface area contributed by atoms with Crippen LogP contribution in [-0.2, 0) is 21.3 Å². The molecular weight excluding hydrogens is 529 g/mol. The van der Waals surface area contributed by atoms with Crippen LogP contribution in [0.2, 0.25) is 0 Å². The maximum atomic E-state index is 12.6. The summed E-state index contributed by atoms with van der Waals surface area (Å²) in [5.74, 6) is 0.749. The Kier molecular flexibility index (Phi) is 15.3. The Morgan fingerprint density at radius 1 is 1.13 bits per heavy atom. The summed E-state index contributed by atoms with van der Waals surface area (Å²) in [5.41, 5.74) is 0.954. The molecule has 0 radical (unpaired) electrons. The van der Waals surface area contributed by atoms with E-state index in [1.165, 1.54) is 4.31 Å². The SMILES string of the molecule is CCNC(=NCc1ccc(S(=O)(=O)N(C)C(C)C)cc1)NCCN(C)CCCOC.I. The Morgan fingerprint density at radius 3 is 2.32 bits per heavy atom. The fraction of sp³-hybridized carbons (Fsp3) is 0.667. The lowest BCUT2D eigenvalue weighted by Gasteiger charge is -2.21. The van der Waals surface area contributed by atoms with Crippen molar-refractivity contribution >= 4 is 40.0 Å². The molecule has 0 spiro atoms. The predicted octanol–water partition coefficient (Wildman–Crippen LogP) is 2.36. The molecule has 0 bridgehead atoms. The van der Waals surface area contributed by atoms with Crippen LogP contribution in [0.1, 0.15) is 32.8 Å². The average molecular weight is 570 g/mol. The number of hydrogen-bond donors (Lipinski definition) is 2. The number of methoxy groups -OCH3 is 1. The molecule has 2 N–H and O–H groups in total. The molecule has 1 aromatic carbocycles. The maximum Gasteiger partial charge on any atom is 0.243 e. The molecule has 0 saturated carbocycles. The summed E-state index contributed by atoms with van der Waals surface area (Å²) in [5, 5.41) is 6.58. The van der Waals surface area contributed by atoms with Crippen molar-refractivity contribution in [1.29, 1.82) is 0 Å². The number of halogens is 1.